The van der Waals surface area contributed by atoms with Crippen molar-refractivity contribution >= 4 is 33.4 Å². The molecule has 3 heterocycles. The molecule has 0 saturated carbocycles. The van der Waals surface area contributed by atoms with Crippen molar-refractivity contribution < 1.29 is 14.3 Å². The predicted molar refractivity (Wildman–Crippen MR) is 98.3 cm³/mol. The molecule has 3 rings (SSSR count). The summed E-state index contributed by atoms with van der Waals surface area (Å²) in [6.07, 6.45) is 1.64. The van der Waals surface area contributed by atoms with E-state index in [4.69, 9.17) is 15.0 Å². The van der Waals surface area contributed by atoms with Gasteiger partial charge in [0.05, 0.1) is 37.3 Å². The molecule has 0 amide bonds. The Labute approximate surface area is 157 Å². The summed E-state index contributed by atoms with van der Waals surface area (Å²) in [4.78, 5) is 25.8. The van der Waals surface area contributed by atoms with E-state index in [1.807, 2.05) is 12.1 Å². The normalized spacial score (nSPS) is 13.8. The van der Waals surface area contributed by atoms with Gasteiger partial charge in [-0.2, -0.15) is 0 Å². The van der Waals surface area contributed by atoms with Gasteiger partial charge in [-0.15, -0.1) is 0 Å². The number of nitrogens with zero attached hydrogens (tertiary/aromatic N) is 6. The van der Waals surface area contributed by atoms with E-state index in [2.05, 4.69) is 40.8 Å². The maximum absolute atomic E-state index is 12.0. The number of methoxy groups -OCH3 is 1. The number of rotatable bonds is 4. The molecule has 26 heavy (non-hydrogen) atoms. The zero-order valence-electron chi connectivity index (χ0n) is 13.9. The number of ether oxygens (including phenoxy) is 2. The third-order valence-electron chi connectivity index (χ3n) is 3.87. The number of halogens is 1. The fourth-order valence-corrected chi connectivity index (χ4v) is 3.03. The molecular weight excluding hydrogens is 404 g/mol. The molecule has 0 atom stereocenters. The summed E-state index contributed by atoms with van der Waals surface area (Å²) < 4.78 is 10.5. The van der Waals surface area contributed by atoms with Crippen LogP contribution in [0, 0.1) is 0 Å². The van der Waals surface area contributed by atoms with E-state index in [-0.39, 0.29) is 11.3 Å². The van der Waals surface area contributed by atoms with E-state index < -0.39 is 5.97 Å². The highest BCUT2D eigenvalue weighted by Crippen LogP contribution is 2.34. The Morgan fingerprint density at radius 3 is 2.81 bits per heavy atom. The Kier molecular flexibility index (Phi) is 5.67. The fourth-order valence-electron chi connectivity index (χ4n) is 2.63. The summed E-state index contributed by atoms with van der Waals surface area (Å²) in [5, 5.41) is 3.65. The zero-order valence-corrected chi connectivity index (χ0v) is 15.5. The summed E-state index contributed by atoms with van der Waals surface area (Å²) >= 11 is 3.27. The van der Waals surface area contributed by atoms with Crippen LogP contribution >= 0.6 is 15.9 Å². The number of morpholine rings is 1. The van der Waals surface area contributed by atoms with Gasteiger partial charge in [-0.1, -0.05) is 5.11 Å². The van der Waals surface area contributed by atoms with Crippen LogP contribution in [0.3, 0.4) is 0 Å². The van der Waals surface area contributed by atoms with Crippen LogP contribution in [0.15, 0.2) is 34.1 Å². The van der Waals surface area contributed by atoms with E-state index >= 15 is 0 Å². The average Bonchev–Trinajstić information content (AvgIpc) is 2.69. The number of hydrogen-bond acceptors (Lipinski definition) is 7. The van der Waals surface area contributed by atoms with Gasteiger partial charge in [0.1, 0.15) is 10.4 Å². The molecule has 1 aliphatic rings. The zero-order chi connectivity index (χ0) is 18.5. The second-order valence-electron chi connectivity index (χ2n) is 5.38. The van der Waals surface area contributed by atoms with Gasteiger partial charge in [-0.25, -0.2) is 14.8 Å². The molecule has 0 bridgehead atoms. The monoisotopic (exact) mass is 418 g/mol. The molecule has 0 N–H and O–H groups in total. The average molecular weight is 419 g/mol. The van der Waals surface area contributed by atoms with Gasteiger partial charge in [-0.05, 0) is 39.7 Å². The molecule has 10 heteroatoms. The maximum Gasteiger partial charge on any atom is 0.338 e. The molecule has 1 fully saturated rings. The highest BCUT2D eigenvalue weighted by Gasteiger charge is 2.19. The third kappa shape index (κ3) is 3.77. The Hall–Kier alpha value is -2.68. The fraction of sp³-hybridized carbons (Fsp3) is 0.312. The molecule has 2 aromatic rings. The highest BCUT2D eigenvalue weighted by atomic mass is 79.9. The molecule has 0 spiro atoms. The van der Waals surface area contributed by atoms with E-state index in [0.717, 1.165) is 18.9 Å². The van der Waals surface area contributed by atoms with Gasteiger partial charge in [0.2, 0.25) is 0 Å². The molecule has 1 aliphatic heterocycles. The van der Waals surface area contributed by atoms with Crippen molar-refractivity contribution in [2.24, 2.45) is 5.11 Å². The summed E-state index contributed by atoms with van der Waals surface area (Å²) in [5.74, 6) is 0.209. The SMILES string of the molecule is COC(=O)c1cc(Br)nc(-c2ccc(N3CCOCC3)nc2)c1N=[N+]=[N-]. The van der Waals surface area contributed by atoms with Crippen LogP contribution in [-0.4, -0.2) is 49.4 Å². The van der Waals surface area contributed by atoms with Crippen LogP contribution in [0.25, 0.3) is 21.7 Å². The van der Waals surface area contributed by atoms with Crippen LogP contribution in [0.1, 0.15) is 10.4 Å². The largest absolute Gasteiger partial charge is 0.465 e. The lowest BCUT2D eigenvalue weighted by atomic mass is 10.1. The van der Waals surface area contributed by atoms with Gasteiger partial charge in [0, 0.05) is 29.8 Å². The molecular formula is C16H15BrN6O3. The van der Waals surface area contributed by atoms with Crippen molar-refractivity contribution in [1.82, 2.24) is 9.97 Å². The van der Waals surface area contributed by atoms with Crippen LogP contribution in [-0.2, 0) is 9.47 Å². The first-order valence-electron chi connectivity index (χ1n) is 7.77. The molecule has 0 radical (unpaired) electrons. The Morgan fingerprint density at radius 2 is 2.19 bits per heavy atom. The molecule has 9 nitrogen and oxygen atoms in total. The van der Waals surface area contributed by atoms with Crippen LogP contribution in [0.2, 0.25) is 0 Å². The number of carbonyl (C=O) groups excluding carboxylic acids is 1. The minimum atomic E-state index is -0.616. The Morgan fingerprint density at radius 1 is 1.42 bits per heavy atom. The second-order valence-corrected chi connectivity index (χ2v) is 6.19. The molecule has 0 aliphatic carbocycles. The Balaban J connectivity index is 2.03. The van der Waals surface area contributed by atoms with Crippen molar-refractivity contribution in [1.29, 1.82) is 0 Å². The van der Waals surface area contributed by atoms with E-state index in [9.17, 15) is 4.79 Å². The first kappa shape index (κ1) is 18.1. The van der Waals surface area contributed by atoms with Crippen molar-refractivity contribution in [2.45, 2.75) is 0 Å². The number of hydrogen-bond donors (Lipinski definition) is 0. The van der Waals surface area contributed by atoms with Crippen molar-refractivity contribution in [3.8, 4) is 11.3 Å². The van der Waals surface area contributed by atoms with Gasteiger partial charge in [-0.3, -0.25) is 0 Å². The molecule has 1 saturated heterocycles. The van der Waals surface area contributed by atoms with E-state index in [0.29, 0.717) is 29.1 Å². The lowest BCUT2D eigenvalue weighted by Gasteiger charge is -2.27. The maximum atomic E-state index is 12.0. The summed E-state index contributed by atoms with van der Waals surface area (Å²) in [6, 6.07) is 5.14. The van der Waals surface area contributed by atoms with Gasteiger partial charge in [0.15, 0.2) is 0 Å². The number of azide groups is 1. The number of pyridine rings is 2. The Bertz CT molecular complexity index is 861. The summed E-state index contributed by atoms with van der Waals surface area (Å²) in [5.41, 5.74) is 10.1. The minimum absolute atomic E-state index is 0.100. The quantitative estimate of drug-likeness (QED) is 0.247. The number of anilines is 1. The molecule has 0 aromatic carbocycles. The first-order chi connectivity index (χ1) is 12.6. The van der Waals surface area contributed by atoms with Crippen molar-refractivity contribution in [3.05, 3.63) is 45.0 Å². The van der Waals surface area contributed by atoms with E-state index in [1.54, 1.807) is 6.20 Å². The molecule has 2 aromatic heterocycles. The molecule has 134 valence electrons. The molecule has 0 unspecified atom stereocenters. The number of carbonyl (C=O) groups is 1. The topological polar surface area (TPSA) is 113 Å². The van der Waals surface area contributed by atoms with Crippen molar-refractivity contribution in [2.75, 3.05) is 38.3 Å². The van der Waals surface area contributed by atoms with E-state index in [1.165, 1.54) is 13.2 Å². The van der Waals surface area contributed by atoms with Crippen LogP contribution in [0.4, 0.5) is 11.5 Å². The van der Waals surface area contributed by atoms with Crippen LogP contribution in [0.5, 0.6) is 0 Å². The van der Waals surface area contributed by atoms with Gasteiger partial charge >= 0.3 is 5.97 Å². The van der Waals surface area contributed by atoms with Crippen molar-refractivity contribution in [3.63, 3.8) is 0 Å². The lowest BCUT2D eigenvalue weighted by Crippen LogP contribution is -2.36. The van der Waals surface area contributed by atoms with Crippen LogP contribution < -0.4 is 4.90 Å². The third-order valence-corrected chi connectivity index (χ3v) is 4.27. The smallest absolute Gasteiger partial charge is 0.338 e. The summed E-state index contributed by atoms with van der Waals surface area (Å²) in [6.45, 7) is 2.89. The standard InChI is InChI=1S/C16H15BrN6O3/c1-25-16(24)11-8-12(17)20-14(15(11)21-22-18)10-2-3-13(19-9-10)23-4-6-26-7-5-23/h2-3,8-9H,4-7H2,1H3. The highest BCUT2D eigenvalue weighted by molar-refractivity contribution is 9.10. The van der Waals surface area contributed by atoms with Gasteiger partial charge in [0.25, 0.3) is 0 Å². The second kappa shape index (κ2) is 8.13. The predicted octanol–water partition coefficient (Wildman–Crippen LogP) is 3.47. The number of aromatic nitrogens is 2. The minimum Gasteiger partial charge on any atom is -0.465 e. The summed E-state index contributed by atoms with van der Waals surface area (Å²) in [7, 11) is 1.26. The first-order valence-corrected chi connectivity index (χ1v) is 8.56. The van der Waals surface area contributed by atoms with Gasteiger partial charge < -0.3 is 14.4 Å². The number of esters is 1. The lowest BCUT2D eigenvalue weighted by molar-refractivity contribution is 0.0601.